The number of H-pyrrole nitrogens is 1. The third-order valence-corrected chi connectivity index (χ3v) is 4.79. The average molecular weight is 394 g/mol. The zero-order valence-corrected chi connectivity index (χ0v) is 15.1. The van der Waals surface area contributed by atoms with E-state index in [1.807, 2.05) is 18.2 Å². The number of halogens is 2. The van der Waals surface area contributed by atoms with Crippen molar-refractivity contribution < 1.29 is 5.11 Å². The highest BCUT2D eigenvalue weighted by molar-refractivity contribution is 7.98. The van der Waals surface area contributed by atoms with Gasteiger partial charge in [0.15, 0.2) is 0 Å². The van der Waals surface area contributed by atoms with Crippen LogP contribution < -0.4 is 5.43 Å². The molecule has 0 aliphatic heterocycles. The molecule has 3 N–H and O–H groups in total. The molecule has 0 fully saturated rings. The summed E-state index contributed by atoms with van der Waals surface area (Å²) in [5.41, 5.74) is 4.36. The van der Waals surface area contributed by atoms with E-state index in [0.29, 0.717) is 32.5 Å². The Morgan fingerprint density at radius 1 is 1.20 bits per heavy atom. The molecular formula is C16H13Cl2N5OS. The first-order valence-corrected chi connectivity index (χ1v) is 8.92. The summed E-state index contributed by atoms with van der Waals surface area (Å²) in [5, 5.41) is 22.1. The maximum Gasteiger partial charge on any atom is 0.240 e. The van der Waals surface area contributed by atoms with Gasteiger partial charge < -0.3 is 5.11 Å². The SMILES string of the molecule is Oc1ccccc1/C=N/Nc1nc(SCc2ccc(Cl)c(Cl)c2)n[nH]1. The van der Waals surface area contributed by atoms with Crippen LogP contribution in [0.3, 0.4) is 0 Å². The molecule has 0 amide bonds. The Morgan fingerprint density at radius 3 is 2.84 bits per heavy atom. The molecule has 0 radical (unpaired) electrons. The van der Waals surface area contributed by atoms with Gasteiger partial charge in [0.05, 0.1) is 16.3 Å². The van der Waals surface area contributed by atoms with Crippen LogP contribution in [0.4, 0.5) is 5.95 Å². The molecule has 0 spiro atoms. The van der Waals surface area contributed by atoms with Crippen LogP contribution in [0.25, 0.3) is 0 Å². The summed E-state index contributed by atoms with van der Waals surface area (Å²) in [4.78, 5) is 4.27. The van der Waals surface area contributed by atoms with Crippen molar-refractivity contribution in [2.45, 2.75) is 10.9 Å². The van der Waals surface area contributed by atoms with Gasteiger partial charge in [-0.05, 0) is 29.8 Å². The van der Waals surface area contributed by atoms with Crippen molar-refractivity contribution in [1.82, 2.24) is 15.2 Å². The molecule has 128 valence electrons. The Labute approximate surface area is 158 Å². The number of hydrogen-bond donors (Lipinski definition) is 3. The van der Waals surface area contributed by atoms with Gasteiger partial charge in [0.2, 0.25) is 11.1 Å². The molecule has 0 bridgehead atoms. The fourth-order valence-corrected chi connectivity index (χ4v) is 2.96. The zero-order valence-electron chi connectivity index (χ0n) is 12.8. The van der Waals surface area contributed by atoms with Crippen molar-refractivity contribution in [2.24, 2.45) is 5.10 Å². The van der Waals surface area contributed by atoms with Crippen LogP contribution in [-0.4, -0.2) is 26.5 Å². The van der Waals surface area contributed by atoms with Crippen LogP contribution >= 0.6 is 35.0 Å². The molecule has 1 heterocycles. The number of aromatic nitrogens is 3. The van der Waals surface area contributed by atoms with Gasteiger partial charge in [-0.25, -0.2) is 10.5 Å². The molecule has 0 aliphatic rings. The quantitative estimate of drug-likeness (QED) is 0.324. The summed E-state index contributed by atoms with van der Waals surface area (Å²) in [6, 6.07) is 12.4. The average Bonchev–Trinajstić information content (AvgIpc) is 3.05. The first kappa shape index (κ1) is 17.6. The number of hydrazone groups is 1. The number of aromatic hydroxyl groups is 1. The van der Waals surface area contributed by atoms with Gasteiger partial charge >= 0.3 is 0 Å². The van der Waals surface area contributed by atoms with Crippen molar-refractivity contribution in [3.63, 3.8) is 0 Å². The minimum Gasteiger partial charge on any atom is -0.507 e. The Morgan fingerprint density at radius 2 is 2.04 bits per heavy atom. The first-order chi connectivity index (χ1) is 12.1. The maximum atomic E-state index is 9.65. The third kappa shape index (κ3) is 4.88. The molecule has 0 saturated heterocycles. The monoisotopic (exact) mass is 393 g/mol. The number of nitrogens with zero attached hydrogens (tertiary/aromatic N) is 3. The van der Waals surface area contributed by atoms with Crippen LogP contribution in [0, 0.1) is 0 Å². The summed E-state index contributed by atoms with van der Waals surface area (Å²) in [7, 11) is 0. The highest BCUT2D eigenvalue weighted by Gasteiger charge is 2.05. The summed E-state index contributed by atoms with van der Waals surface area (Å²) in [6.07, 6.45) is 1.50. The van der Waals surface area contributed by atoms with Crippen LogP contribution in [0.1, 0.15) is 11.1 Å². The predicted octanol–water partition coefficient (Wildman–Crippen LogP) is 4.56. The van der Waals surface area contributed by atoms with Crippen molar-refractivity contribution >= 4 is 47.1 Å². The van der Waals surface area contributed by atoms with E-state index in [2.05, 4.69) is 25.7 Å². The van der Waals surface area contributed by atoms with E-state index in [1.165, 1.54) is 18.0 Å². The lowest BCUT2D eigenvalue weighted by Gasteiger charge is -2.00. The molecule has 0 aliphatic carbocycles. The lowest BCUT2D eigenvalue weighted by atomic mass is 10.2. The molecule has 9 heteroatoms. The highest BCUT2D eigenvalue weighted by atomic mass is 35.5. The number of anilines is 1. The van der Waals surface area contributed by atoms with Crippen LogP contribution in [-0.2, 0) is 5.75 Å². The van der Waals surface area contributed by atoms with Crippen LogP contribution in [0.5, 0.6) is 5.75 Å². The van der Waals surface area contributed by atoms with Gasteiger partial charge in [0.25, 0.3) is 0 Å². The van der Waals surface area contributed by atoms with E-state index in [9.17, 15) is 5.11 Å². The molecule has 3 rings (SSSR count). The van der Waals surface area contributed by atoms with Crippen LogP contribution in [0.15, 0.2) is 52.7 Å². The Bertz CT molecular complexity index is 900. The van der Waals surface area contributed by atoms with E-state index in [4.69, 9.17) is 23.2 Å². The van der Waals surface area contributed by atoms with Gasteiger partial charge in [-0.1, -0.05) is 53.2 Å². The predicted molar refractivity (Wildman–Crippen MR) is 102 cm³/mol. The number of phenolic OH excluding ortho intramolecular Hbond substituents is 1. The topological polar surface area (TPSA) is 86.2 Å². The van der Waals surface area contributed by atoms with Gasteiger partial charge in [0, 0.05) is 11.3 Å². The summed E-state index contributed by atoms with van der Waals surface area (Å²) in [6.45, 7) is 0. The third-order valence-electron chi connectivity index (χ3n) is 3.13. The van der Waals surface area contributed by atoms with Gasteiger partial charge in [-0.15, -0.1) is 5.10 Å². The molecule has 0 unspecified atom stereocenters. The second-order valence-corrected chi connectivity index (χ2v) is 6.69. The highest BCUT2D eigenvalue weighted by Crippen LogP contribution is 2.26. The molecule has 1 aromatic heterocycles. The summed E-state index contributed by atoms with van der Waals surface area (Å²) >= 11 is 13.3. The second-order valence-electron chi connectivity index (χ2n) is 4.93. The van der Waals surface area contributed by atoms with Crippen LogP contribution in [0.2, 0.25) is 10.0 Å². The number of benzene rings is 2. The van der Waals surface area contributed by atoms with E-state index < -0.39 is 0 Å². The van der Waals surface area contributed by atoms with Gasteiger partial charge in [-0.3, -0.25) is 0 Å². The largest absolute Gasteiger partial charge is 0.507 e. The normalized spacial score (nSPS) is 11.1. The Hall–Kier alpha value is -2.22. The molecule has 0 atom stereocenters. The smallest absolute Gasteiger partial charge is 0.240 e. The minimum atomic E-state index is 0.156. The van der Waals surface area contributed by atoms with Crippen molar-refractivity contribution in [2.75, 3.05) is 5.43 Å². The fraction of sp³-hybridized carbons (Fsp3) is 0.0625. The van der Waals surface area contributed by atoms with Crippen molar-refractivity contribution in [1.29, 1.82) is 0 Å². The standard InChI is InChI=1S/C16H13Cl2N5OS/c17-12-6-5-10(7-13(12)18)9-25-16-20-15(22-23-16)21-19-8-11-3-1-2-4-14(11)24/h1-8,24H,9H2,(H2,20,21,22,23)/b19-8+. The first-order valence-electron chi connectivity index (χ1n) is 7.18. The van der Waals surface area contributed by atoms with E-state index in [1.54, 1.807) is 24.3 Å². The number of rotatable bonds is 6. The Kier molecular flexibility index (Phi) is 5.80. The number of thioether (sulfide) groups is 1. The van der Waals surface area contributed by atoms with Gasteiger partial charge in [-0.2, -0.15) is 10.1 Å². The molecule has 6 nitrogen and oxygen atoms in total. The number of hydrogen-bond acceptors (Lipinski definition) is 6. The molecule has 0 saturated carbocycles. The fourth-order valence-electron chi connectivity index (χ4n) is 1.90. The molecule has 2 aromatic carbocycles. The molecular weight excluding hydrogens is 381 g/mol. The number of para-hydroxylation sites is 1. The Balaban J connectivity index is 1.55. The maximum absolute atomic E-state index is 9.65. The number of nitrogens with one attached hydrogen (secondary N) is 2. The summed E-state index contributed by atoms with van der Waals surface area (Å²) < 4.78 is 0. The lowest BCUT2D eigenvalue weighted by molar-refractivity contribution is 0.474. The van der Waals surface area contributed by atoms with E-state index in [0.717, 1.165) is 5.56 Å². The van der Waals surface area contributed by atoms with Crippen molar-refractivity contribution in [3.05, 3.63) is 63.6 Å². The lowest BCUT2D eigenvalue weighted by Crippen LogP contribution is -1.92. The number of phenols is 1. The molecule has 3 aromatic rings. The summed E-state index contributed by atoms with van der Waals surface area (Å²) in [5.74, 6) is 1.22. The molecule has 25 heavy (non-hydrogen) atoms. The van der Waals surface area contributed by atoms with Gasteiger partial charge in [0.1, 0.15) is 5.75 Å². The minimum absolute atomic E-state index is 0.156. The second kappa shape index (κ2) is 8.24. The zero-order chi connectivity index (χ0) is 17.6. The van der Waals surface area contributed by atoms with E-state index >= 15 is 0 Å². The van der Waals surface area contributed by atoms with Crippen molar-refractivity contribution in [3.8, 4) is 5.75 Å². The number of aromatic amines is 1. The van der Waals surface area contributed by atoms with E-state index in [-0.39, 0.29) is 5.75 Å².